The lowest BCUT2D eigenvalue weighted by Gasteiger charge is -2.18. The minimum absolute atomic E-state index is 0.0621. The van der Waals surface area contributed by atoms with E-state index >= 15 is 0 Å². The van der Waals surface area contributed by atoms with E-state index in [4.69, 9.17) is 9.15 Å². The average molecular weight is 458 g/mol. The van der Waals surface area contributed by atoms with E-state index in [-0.39, 0.29) is 24.5 Å². The summed E-state index contributed by atoms with van der Waals surface area (Å²) in [6.07, 6.45) is 0. The Morgan fingerprint density at radius 3 is 2.34 bits per heavy atom. The maximum absolute atomic E-state index is 12.3. The second kappa shape index (κ2) is 8.78. The smallest absolute Gasteiger partial charge is 0.260 e. The molecule has 0 unspecified atom stereocenters. The predicted octanol–water partition coefficient (Wildman–Crippen LogP) is 4.83. The summed E-state index contributed by atoms with van der Waals surface area (Å²) in [7, 11) is 1.68. The van der Waals surface area contributed by atoms with Crippen LogP contribution >= 0.6 is 15.9 Å². The van der Waals surface area contributed by atoms with Crippen molar-refractivity contribution in [2.24, 2.45) is 0 Å². The number of likely N-dealkylation sites (N-methyl/N-ethyl adjacent to an activating group) is 1. The zero-order valence-electron chi connectivity index (χ0n) is 17.0. The minimum atomic E-state index is -0.179. The third-order valence-electron chi connectivity index (χ3n) is 4.44. The van der Waals surface area contributed by atoms with Gasteiger partial charge in [0.1, 0.15) is 5.75 Å². The molecular formula is C22H24BrN3O3. The molecule has 2 aromatic carbocycles. The minimum Gasteiger partial charge on any atom is -0.484 e. The molecule has 152 valence electrons. The third kappa shape index (κ3) is 5.67. The normalized spacial score (nSPS) is 11.3. The van der Waals surface area contributed by atoms with Crippen molar-refractivity contribution in [2.45, 2.75) is 32.7 Å². The molecule has 6 nitrogen and oxygen atoms in total. The Balaban J connectivity index is 1.57. The number of hydrogen-bond acceptors (Lipinski definition) is 5. The number of nitrogens with zero attached hydrogens (tertiary/aromatic N) is 3. The standard InChI is InChI=1S/C22H24BrN3O3/c1-22(2,3)16-7-5-15(6-8-16)21-25-24-19(29-21)13-26(4)20(27)14-28-18-11-9-17(23)10-12-18/h5-12H,13-14H2,1-4H3. The van der Waals surface area contributed by atoms with Crippen LogP contribution in [0.4, 0.5) is 0 Å². The Hall–Kier alpha value is -2.67. The largest absolute Gasteiger partial charge is 0.484 e. The molecule has 0 fully saturated rings. The molecule has 0 N–H and O–H groups in total. The van der Waals surface area contributed by atoms with Gasteiger partial charge in [0, 0.05) is 17.1 Å². The quantitative estimate of drug-likeness (QED) is 0.529. The van der Waals surface area contributed by atoms with Gasteiger partial charge in [-0.25, -0.2) is 0 Å². The maximum Gasteiger partial charge on any atom is 0.260 e. The molecule has 7 heteroatoms. The number of halogens is 1. The summed E-state index contributed by atoms with van der Waals surface area (Å²) in [5.74, 6) is 1.27. The van der Waals surface area contributed by atoms with Crippen molar-refractivity contribution >= 4 is 21.8 Å². The molecule has 3 rings (SSSR count). The van der Waals surface area contributed by atoms with E-state index in [1.807, 2.05) is 24.3 Å². The number of rotatable bonds is 6. The monoisotopic (exact) mass is 457 g/mol. The first kappa shape index (κ1) is 21.0. The highest BCUT2D eigenvalue weighted by atomic mass is 79.9. The Morgan fingerprint density at radius 1 is 1.07 bits per heavy atom. The van der Waals surface area contributed by atoms with Crippen molar-refractivity contribution < 1.29 is 13.9 Å². The molecule has 1 aromatic heterocycles. The molecule has 0 radical (unpaired) electrons. The van der Waals surface area contributed by atoms with Crippen molar-refractivity contribution in [3.8, 4) is 17.2 Å². The summed E-state index contributed by atoms with van der Waals surface area (Å²) in [5.41, 5.74) is 2.17. The first-order chi connectivity index (χ1) is 13.7. The summed E-state index contributed by atoms with van der Waals surface area (Å²) in [5, 5.41) is 8.16. The van der Waals surface area contributed by atoms with E-state index in [1.54, 1.807) is 19.2 Å². The van der Waals surface area contributed by atoms with Crippen molar-refractivity contribution in [1.29, 1.82) is 0 Å². The summed E-state index contributed by atoms with van der Waals surface area (Å²) in [6, 6.07) is 15.4. The zero-order chi connectivity index (χ0) is 21.0. The SMILES string of the molecule is CN(Cc1nnc(-c2ccc(C(C)(C)C)cc2)o1)C(=O)COc1ccc(Br)cc1. The fourth-order valence-corrected chi connectivity index (χ4v) is 2.89. The molecule has 0 saturated heterocycles. The lowest BCUT2D eigenvalue weighted by Crippen LogP contribution is -2.31. The fourth-order valence-electron chi connectivity index (χ4n) is 2.62. The topological polar surface area (TPSA) is 68.5 Å². The molecule has 0 aliphatic rings. The van der Waals surface area contributed by atoms with Crippen molar-refractivity contribution in [3.63, 3.8) is 0 Å². The van der Waals surface area contributed by atoms with Gasteiger partial charge in [0.05, 0.1) is 6.54 Å². The predicted molar refractivity (Wildman–Crippen MR) is 115 cm³/mol. The number of aromatic nitrogens is 2. The Labute approximate surface area is 179 Å². The second-order valence-corrected chi connectivity index (χ2v) is 8.74. The van der Waals surface area contributed by atoms with Gasteiger partial charge in [-0.1, -0.05) is 48.8 Å². The molecule has 0 aliphatic carbocycles. The number of hydrogen-bond donors (Lipinski definition) is 0. The van der Waals surface area contributed by atoms with Crippen molar-refractivity contribution in [2.75, 3.05) is 13.7 Å². The number of carbonyl (C=O) groups excluding carboxylic acids is 1. The van der Waals surface area contributed by atoms with Crippen LogP contribution < -0.4 is 4.74 Å². The Bertz CT molecular complexity index is 960. The first-order valence-electron chi connectivity index (χ1n) is 9.28. The van der Waals surface area contributed by atoms with Crippen LogP contribution in [0.25, 0.3) is 11.5 Å². The van der Waals surface area contributed by atoms with Gasteiger partial charge in [-0.15, -0.1) is 10.2 Å². The molecule has 29 heavy (non-hydrogen) atoms. The van der Waals surface area contributed by atoms with Gasteiger partial charge in [-0.05, 0) is 47.4 Å². The first-order valence-corrected chi connectivity index (χ1v) is 10.1. The van der Waals surface area contributed by atoms with Gasteiger partial charge in [0.25, 0.3) is 5.91 Å². The number of amides is 1. The molecule has 3 aromatic rings. The van der Waals surface area contributed by atoms with E-state index in [9.17, 15) is 4.79 Å². The van der Waals surface area contributed by atoms with Crippen LogP contribution in [0.15, 0.2) is 57.4 Å². The highest BCUT2D eigenvalue weighted by Gasteiger charge is 2.17. The number of carbonyl (C=O) groups is 1. The molecule has 0 saturated carbocycles. The van der Waals surface area contributed by atoms with Crippen molar-refractivity contribution in [3.05, 3.63) is 64.5 Å². The van der Waals surface area contributed by atoms with Crippen LogP contribution in [0, 0.1) is 0 Å². The molecule has 0 bridgehead atoms. The second-order valence-electron chi connectivity index (χ2n) is 7.82. The lowest BCUT2D eigenvalue weighted by atomic mass is 9.87. The van der Waals surface area contributed by atoms with Gasteiger partial charge < -0.3 is 14.1 Å². The zero-order valence-corrected chi connectivity index (χ0v) is 18.6. The molecule has 1 heterocycles. The van der Waals surface area contributed by atoms with E-state index < -0.39 is 0 Å². The lowest BCUT2D eigenvalue weighted by molar-refractivity contribution is -0.132. The molecule has 1 amide bonds. The van der Waals surface area contributed by atoms with Crippen LogP contribution in [0.1, 0.15) is 32.2 Å². The van der Waals surface area contributed by atoms with Crippen molar-refractivity contribution in [1.82, 2.24) is 15.1 Å². The average Bonchev–Trinajstić information content (AvgIpc) is 3.15. The highest BCUT2D eigenvalue weighted by Crippen LogP contribution is 2.25. The summed E-state index contributed by atoms with van der Waals surface area (Å²) >= 11 is 3.36. The van der Waals surface area contributed by atoms with E-state index in [1.165, 1.54) is 10.5 Å². The fraction of sp³-hybridized carbons (Fsp3) is 0.318. The van der Waals surface area contributed by atoms with Gasteiger partial charge in [-0.2, -0.15) is 0 Å². The molecule has 0 aliphatic heterocycles. The summed E-state index contributed by atoms with van der Waals surface area (Å²) in [4.78, 5) is 13.8. The molecule has 0 atom stereocenters. The van der Waals surface area contributed by atoms with E-state index in [0.29, 0.717) is 17.5 Å². The third-order valence-corrected chi connectivity index (χ3v) is 4.97. The highest BCUT2D eigenvalue weighted by molar-refractivity contribution is 9.10. The van der Waals surface area contributed by atoms with Crippen LogP contribution in [0.2, 0.25) is 0 Å². The van der Waals surface area contributed by atoms with Gasteiger partial charge in [0.15, 0.2) is 6.61 Å². The number of benzene rings is 2. The Kier molecular flexibility index (Phi) is 6.37. The van der Waals surface area contributed by atoms with Crippen LogP contribution in [0.3, 0.4) is 0 Å². The van der Waals surface area contributed by atoms with Gasteiger partial charge in [0.2, 0.25) is 11.8 Å². The molecule has 0 spiro atoms. The Morgan fingerprint density at radius 2 is 1.72 bits per heavy atom. The van der Waals surface area contributed by atoms with Gasteiger partial charge >= 0.3 is 0 Å². The summed E-state index contributed by atoms with van der Waals surface area (Å²) in [6.45, 7) is 6.66. The number of ether oxygens (including phenoxy) is 1. The van der Waals surface area contributed by atoms with Crippen LogP contribution in [-0.2, 0) is 16.8 Å². The van der Waals surface area contributed by atoms with E-state index in [0.717, 1.165) is 10.0 Å². The van der Waals surface area contributed by atoms with Crippen LogP contribution in [0.5, 0.6) is 5.75 Å². The maximum atomic E-state index is 12.3. The van der Waals surface area contributed by atoms with Crippen LogP contribution in [-0.4, -0.2) is 34.7 Å². The molecular weight excluding hydrogens is 434 g/mol. The summed E-state index contributed by atoms with van der Waals surface area (Å²) < 4.78 is 12.2. The van der Waals surface area contributed by atoms with Gasteiger partial charge in [-0.3, -0.25) is 4.79 Å². The van der Waals surface area contributed by atoms with E-state index in [2.05, 4.69) is 59.0 Å².